The molecule has 7 nitrogen and oxygen atoms in total. The molecule has 0 radical (unpaired) electrons. The number of carboxylic acid groups (broad SMARTS) is 1. The lowest BCUT2D eigenvalue weighted by atomic mass is 10.1. The molecule has 1 heterocycles. The minimum Gasteiger partial charge on any atom is -0.481 e. The molecule has 0 atom stereocenters. The second-order valence-electron chi connectivity index (χ2n) is 2.66. The van der Waals surface area contributed by atoms with Crippen LogP contribution in [0.5, 0.6) is 0 Å². The minimum atomic E-state index is -3.82. The van der Waals surface area contributed by atoms with E-state index in [0.29, 0.717) is 6.20 Å². The summed E-state index contributed by atoms with van der Waals surface area (Å²) < 4.78 is 26.2. The normalized spacial score (nSPS) is 11.3. The summed E-state index contributed by atoms with van der Waals surface area (Å²) in [6.07, 6.45) is -0.978. The van der Waals surface area contributed by atoms with Gasteiger partial charge in [0, 0.05) is 0 Å². The molecule has 2 N–H and O–H groups in total. The second-order valence-corrected chi connectivity index (χ2v) is 2.66. The van der Waals surface area contributed by atoms with Crippen LogP contribution in [0.1, 0.15) is 12.0 Å². The van der Waals surface area contributed by atoms with E-state index in [9.17, 15) is 23.7 Å². The molecule has 1 aromatic rings. The number of H-pyrrole nitrogens is 1. The number of nitrogens with zero attached hydrogens (tertiary/aromatic N) is 2. The van der Waals surface area contributed by atoms with E-state index in [4.69, 9.17) is 5.11 Å². The average Bonchev–Trinajstić information content (AvgIpc) is 2.48. The molecule has 0 spiro atoms. The average molecular weight is 221 g/mol. The number of aliphatic carboxylic acids is 1. The van der Waals surface area contributed by atoms with Crippen LogP contribution < -0.4 is 0 Å². The maximum Gasteiger partial charge on any atom is 0.351 e. The fourth-order valence-electron chi connectivity index (χ4n) is 0.971. The fraction of sp³-hybridized carbons (Fsp3) is 0.333. The summed E-state index contributed by atoms with van der Waals surface area (Å²) in [4.78, 5) is 19.3. The first-order valence-electron chi connectivity index (χ1n) is 3.62. The zero-order valence-electron chi connectivity index (χ0n) is 7.11. The van der Waals surface area contributed by atoms with Crippen molar-refractivity contribution in [1.29, 1.82) is 0 Å². The number of carboxylic acids is 1. The zero-order valence-corrected chi connectivity index (χ0v) is 7.11. The van der Waals surface area contributed by atoms with Gasteiger partial charge < -0.3 is 15.2 Å². The van der Waals surface area contributed by atoms with Crippen LogP contribution in [0.3, 0.4) is 0 Å². The zero-order chi connectivity index (χ0) is 11.6. The molecule has 0 aliphatic rings. The highest BCUT2D eigenvalue weighted by molar-refractivity contribution is 5.68. The molecule has 0 bridgehead atoms. The van der Waals surface area contributed by atoms with Gasteiger partial charge >= 0.3 is 11.8 Å². The Balaban J connectivity index is 3.09. The molecule has 0 aliphatic heterocycles. The number of alkyl halides is 2. The minimum absolute atomic E-state index is 0.543. The largest absolute Gasteiger partial charge is 0.481 e. The summed E-state index contributed by atoms with van der Waals surface area (Å²) in [6.45, 7) is 0. The van der Waals surface area contributed by atoms with E-state index >= 15 is 0 Å². The number of halogens is 2. The van der Waals surface area contributed by atoms with Crippen molar-refractivity contribution in [2.75, 3.05) is 0 Å². The number of hydrogen-bond acceptors (Lipinski definition) is 4. The van der Waals surface area contributed by atoms with Crippen LogP contribution in [0.15, 0.2) is 6.20 Å². The first-order valence-corrected chi connectivity index (χ1v) is 3.62. The number of rotatable bonds is 4. The van der Waals surface area contributed by atoms with Crippen molar-refractivity contribution in [3.05, 3.63) is 21.9 Å². The maximum atomic E-state index is 13.1. The van der Waals surface area contributed by atoms with E-state index in [-0.39, 0.29) is 0 Å². The Kier molecular flexibility index (Phi) is 2.64. The summed E-state index contributed by atoms with van der Waals surface area (Å²) >= 11 is 0. The lowest BCUT2D eigenvalue weighted by molar-refractivity contribution is -0.391. The van der Waals surface area contributed by atoms with Gasteiger partial charge in [-0.2, -0.15) is 0 Å². The van der Waals surface area contributed by atoms with Crippen LogP contribution in [0.2, 0.25) is 0 Å². The van der Waals surface area contributed by atoms with Gasteiger partial charge in [-0.15, -0.1) is 5.10 Å². The van der Waals surface area contributed by atoms with Crippen LogP contribution in [-0.2, 0) is 10.7 Å². The predicted molar refractivity (Wildman–Crippen MR) is 41.4 cm³/mol. The maximum absolute atomic E-state index is 13.1. The van der Waals surface area contributed by atoms with Crippen molar-refractivity contribution >= 4 is 11.8 Å². The number of aromatic amines is 1. The Labute approximate surface area is 80.9 Å². The van der Waals surface area contributed by atoms with Gasteiger partial charge in [-0.1, -0.05) is 5.10 Å². The quantitative estimate of drug-likeness (QED) is 0.579. The molecule has 0 unspecified atom stereocenters. The lowest BCUT2D eigenvalue weighted by Crippen LogP contribution is -2.19. The van der Waals surface area contributed by atoms with Gasteiger partial charge in [0.25, 0.3) is 5.92 Å². The molecule has 82 valence electrons. The molecule has 0 saturated heterocycles. The summed E-state index contributed by atoms with van der Waals surface area (Å²) in [5.41, 5.74) is -1.03. The van der Waals surface area contributed by atoms with Gasteiger partial charge in [-0.25, -0.2) is 8.78 Å². The Morgan fingerprint density at radius 2 is 2.33 bits per heavy atom. The molecule has 15 heavy (non-hydrogen) atoms. The van der Waals surface area contributed by atoms with Crippen molar-refractivity contribution in [2.45, 2.75) is 12.3 Å². The van der Waals surface area contributed by atoms with Gasteiger partial charge in [-0.05, 0) is 4.92 Å². The Morgan fingerprint density at radius 3 is 2.80 bits per heavy atom. The molecular weight excluding hydrogens is 216 g/mol. The highest BCUT2D eigenvalue weighted by Gasteiger charge is 2.41. The third-order valence-electron chi connectivity index (χ3n) is 1.57. The summed E-state index contributed by atoms with van der Waals surface area (Å²) in [7, 11) is 0. The van der Waals surface area contributed by atoms with E-state index in [0.717, 1.165) is 0 Å². The molecule has 0 aromatic carbocycles. The van der Waals surface area contributed by atoms with Gasteiger partial charge in [0.05, 0.1) is 6.20 Å². The monoisotopic (exact) mass is 221 g/mol. The van der Waals surface area contributed by atoms with E-state index in [1.807, 2.05) is 0 Å². The summed E-state index contributed by atoms with van der Waals surface area (Å²) in [5.74, 6) is -6.57. The van der Waals surface area contributed by atoms with Crippen LogP contribution in [0.4, 0.5) is 14.6 Å². The Morgan fingerprint density at radius 1 is 1.73 bits per heavy atom. The lowest BCUT2D eigenvalue weighted by Gasteiger charge is -2.10. The highest BCUT2D eigenvalue weighted by atomic mass is 19.3. The standard InChI is InChI=1S/C6H5F2N3O4/c7-6(8,1-4(12)13)3-2-9-10-5(3)11(14)15/h2H,1H2,(H,9,10)(H,12,13). The van der Waals surface area contributed by atoms with Crippen LogP contribution in [-0.4, -0.2) is 26.2 Å². The second kappa shape index (κ2) is 3.59. The molecular formula is C6H5F2N3O4. The Hall–Kier alpha value is -2.06. The van der Waals surface area contributed by atoms with Gasteiger partial charge in [0.15, 0.2) is 0 Å². The number of nitrogens with one attached hydrogen (secondary N) is 1. The summed E-state index contributed by atoms with van der Waals surface area (Å²) in [6, 6.07) is 0. The van der Waals surface area contributed by atoms with Crippen LogP contribution in [0, 0.1) is 10.1 Å². The highest BCUT2D eigenvalue weighted by Crippen LogP contribution is 2.35. The van der Waals surface area contributed by atoms with Gasteiger partial charge in [0.2, 0.25) is 0 Å². The van der Waals surface area contributed by atoms with E-state index in [1.165, 1.54) is 0 Å². The van der Waals surface area contributed by atoms with E-state index < -0.39 is 34.6 Å². The van der Waals surface area contributed by atoms with E-state index in [2.05, 4.69) is 5.10 Å². The van der Waals surface area contributed by atoms with Crippen LogP contribution >= 0.6 is 0 Å². The third-order valence-corrected chi connectivity index (χ3v) is 1.57. The topological polar surface area (TPSA) is 109 Å². The smallest absolute Gasteiger partial charge is 0.351 e. The molecule has 9 heteroatoms. The van der Waals surface area contributed by atoms with Crippen molar-refractivity contribution in [1.82, 2.24) is 10.2 Å². The Bertz CT molecular complexity index is 403. The number of hydrogen-bond donors (Lipinski definition) is 2. The van der Waals surface area contributed by atoms with Crippen molar-refractivity contribution < 1.29 is 23.6 Å². The van der Waals surface area contributed by atoms with Crippen molar-refractivity contribution in [2.24, 2.45) is 0 Å². The van der Waals surface area contributed by atoms with Crippen molar-refractivity contribution in [3.63, 3.8) is 0 Å². The molecule has 1 rings (SSSR count). The van der Waals surface area contributed by atoms with Crippen molar-refractivity contribution in [3.8, 4) is 0 Å². The SMILES string of the molecule is O=C(O)CC(F)(F)c1cn[nH]c1[N+](=O)[O-]. The molecule has 0 saturated carbocycles. The number of nitro groups is 1. The van der Waals surface area contributed by atoms with Crippen LogP contribution in [0.25, 0.3) is 0 Å². The molecule has 0 aliphatic carbocycles. The third kappa shape index (κ3) is 2.24. The molecule has 1 aromatic heterocycles. The number of aromatic nitrogens is 2. The first kappa shape index (κ1) is 11.0. The fourth-order valence-corrected chi connectivity index (χ4v) is 0.971. The summed E-state index contributed by atoms with van der Waals surface area (Å²) in [5, 5.41) is 23.3. The predicted octanol–water partition coefficient (Wildman–Crippen LogP) is 0.884. The van der Waals surface area contributed by atoms with Gasteiger partial charge in [-0.3, -0.25) is 4.79 Å². The molecule has 0 amide bonds. The number of carbonyl (C=O) groups is 1. The van der Waals surface area contributed by atoms with E-state index in [1.54, 1.807) is 5.10 Å². The van der Waals surface area contributed by atoms with Gasteiger partial charge in [0.1, 0.15) is 12.0 Å². The first-order chi connectivity index (χ1) is 6.84. The molecule has 0 fully saturated rings.